The SMILES string of the molecule is Cc1ncc2c(c1CNC(=O)CCCc1ccc(Cl)cc1)CCNC2. The second-order valence-corrected chi connectivity index (χ2v) is 6.95. The Morgan fingerprint density at radius 2 is 2.12 bits per heavy atom. The van der Waals surface area contributed by atoms with Crippen LogP contribution in [0.25, 0.3) is 0 Å². The van der Waals surface area contributed by atoms with Gasteiger partial charge in [-0.25, -0.2) is 0 Å². The first-order valence-electron chi connectivity index (χ1n) is 8.81. The Morgan fingerprint density at radius 1 is 1.32 bits per heavy atom. The summed E-state index contributed by atoms with van der Waals surface area (Å²) in [7, 11) is 0. The highest BCUT2D eigenvalue weighted by Gasteiger charge is 2.16. The highest BCUT2D eigenvalue weighted by atomic mass is 35.5. The molecular weight excluding hydrogens is 334 g/mol. The van der Waals surface area contributed by atoms with Crippen LogP contribution in [0.1, 0.15) is 40.8 Å². The molecule has 1 aromatic heterocycles. The molecule has 1 aromatic carbocycles. The third-order valence-electron chi connectivity index (χ3n) is 4.71. The van der Waals surface area contributed by atoms with E-state index in [0.717, 1.165) is 43.1 Å². The van der Waals surface area contributed by atoms with Gasteiger partial charge < -0.3 is 10.6 Å². The number of pyridine rings is 1. The molecule has 0 radical (unpaired) electrons. The third kappa shape index (κ3) is 4.80. The summed E-state index contributed by atoms with van der Waals surface area (Å²) >= 11 is 5.89. The number of nitrogens with one attached hydrogen (secondary N) is 2. The molecule has 2 N–H and O–H groups in total. The average Bonchev–Trinajstić information content (AvgIpc) is 2.62. The smallest absolute Gasteiger partial charge is 0.220 e. The van der Waals surface area contributed by atoms with Crippen molar-refractivity contribution in [2.45, 2.75) is 45.7 Å². The Balaban J connectivity index is 1.50. The zero-order valence-electron chi connectivity index (χ0n) is 14.6. The summed E-state index contributed by atoms with van der Waals surface area (Å²) in [4.78, 5) is 16.7. The van der Waals surface area contributed by atoms with E-state index in [1.807, 2.05) is 37.4 Å². The van der Waals surface area contributed by atoms with E-state index in [1.165, 1.54) is 22.3 Å². The highest BCUT2D eigenvalue weighted by Crippen LogP contribution is 2.20. The number of nitrogens with zero attached hydrogens (tertiary/aromatic N) is 1. The highest BCUT2D eigenvalue weighted by molar-refractivity contribution is 6.30. The van der Waals surface area contributed by atoms with Crippen LogP contribution in [0.3, 0.4) is 0 Å². The molecule has 2 aromatic rings. The van der Waals surface area contributed by atoms with Gasteiger partial charge in [0, 0.05) is 36.4 Å². The summed E-state index contributed by atoms with van der Waals surface area (Å²) in [6.07, 6.45) is 5.21. The standard InChI is InChI=1S/C20H24ClN3O/c1-14-19(18-9-10-22-11-16(18)12-23-14)13-24-20(25)4-2-3-15-5-7-17(21)8-6-15/h5-8,12,22H,2-4,9-11,13H2,1H3,(H,24,25). The molecule has 1 aliphatic rings. The van der Waals surface area contributed by atoms with Crippen LogP contribution in [0.2, 0.25) is 5.02 Å². The van der Waals surface area contributed by atoms with Gasteiger partial charge in [0.05, 0.1) is 0 Å². The average molecular weight is 358 g/mol. The summed E-state index contributed by atoms with van der Waals surface area (Å²) in [5.74, 6) is 0.0971. The van der Waals surface area contributed by atoms with Crippen molar-refractivity contribution in [3.8, 4) is 0 Å². The molecule has 1 aliphatic heterocycles. The lowest BCUT2D eigenvalue weighted by Gasteiger charge is -2.21. The Hall–Kier alpha value is -1.91. The van der Waals surface area contributed by atoms with E-state index >= 15 is 0 Å². The van der Waals surface area contributed by atoms with Crippen LogP contribution in [-0.2, 0) is 30.7 Å². The van der Waals surface area contributed by atoms with Crippen molar-refractivity contribution in [1.82, 2.24) is 15.6 Å². The topological polar surface area (TPSA) is 54.0 Å². The minimum absolute atomic E-state index is 0.0971. The Bertz CT molecular complexity index is 743. The maximum Gasteiger partial charge on any atom is 0.220 e. The van der Waals surface area contributed by atoms with Gasteiger partial charge in [-0.1, -0.05) is 23.7 Å². The summed E-state index contributed by atoms with van der Waals surface area (Å²) in [6.45, 7) is 4.44. The predicted molar refractivity (Wildman–Crippen MR) is 101 cm³/mol. The van der Waals surface area contributed by atoms with Crippen molar-refractivity contribution in [3.63, 3.8) is 0 Å². The minimum atomic E-state index is 0.0971. The van der Waals surface area contributed by atoms with Gasteiger partial charge in [0.25, 0.3) is 0 Å². The van der Waals surface area contributed by atoms with Crippen LogP contribution in [0.4, 0.5) is 0 Å². The van der Waals surface area contributed by atoms with Crippen LogP contribution in [-0.4, -0.2) is 17.4 Å². The Labute approximate surface area is 154 Å². The molecular formula is C20H24ClN3O. The van der Waals surface area contributed by atoms with Crippen LogP contribution < -0.4 is 10.6 Å². The van der Waals surface area contributed by atoms with Gasteiger partial charge in [-0.2, -0.15) is 0 Å². The Kier molecular flexibility index (Phi) is 6.05. The van der Waals surface area contributed by atoms with E-state index in [1.54, 1.807) is 0 Å². The van der Waals surface area contributed by atoms with Crippen molar-refractivity contribution in [3.05, 3.63) is 63.4 Å². The summed E-state index contributed by atoms with van der Waals surface area (Å²) < 4.78 is 0. The summed E-state index contributed by atoms with van der Waals surface area (Å²) in [5, 5.41) is 7.17. The largest absolute Gasteiger partial charge is 0.352 e. The fourth-order valence-corrected chi connectivity index (χ4v) is 3.38. The molecule has 0 unspecified atom stereocenters. The molecule has 1 amide bonds. The lowest BCUT2D eigenvalue weighted by atomic mass is 9.96. The van der Waals surface area contributed by atoms with Gasteiger partial charge in [-0.15, -0.1) is 0 Å². The van der Waals surface area contributed by atoms with Gasteiger partial charge in [0.2, 0.25) is 5.91 Å². The fraction of sp³-hybridized carbons (Fsp3) is 0.400. The lowest BCUT2D eigenvalue weighted by molar-refractivity contribution is -0.121. The van der Waals surface area contributed by atoms with Gasteiger partial charge in [-0.05, 0) is 67.1 Å². The number of fused-ring (bicyclic) bond motifs is 1. The number of amides is 1. The Morgan fingerprint density at radius 3 is 2.92 bits per heavy atom. The number of halogens is 1. The molecule has 132 valence electrons. The van der Waals surface area contributed by atoms with Crippen LogP contribution in [0, 0.1) is 6.92 Å². The maximum atomic E-state index is 12.2. The second-order valence-electron chi connectivity index (χ2n) is 6.51. The molecule has 0 bridgehead atoms. The van der Waals surface area contributed by atoms with Crippen molar-refractivity contribution in [1.29, 1.82) is 0 Å². The molecule has 4 nitrogen and oxygen atoms in total. The zero-order chi connectivity index (χ0) is 17.6. The number of hydrogen-bond donors (Lipinski definition) is 2. The first-order chi connectivity index (χ1) is 12.1. The quantitative estimate of drug-likeness (QED) is 0.833. The number of aryl methyl sites for hydroxylation is 2. The number of carbonyl (C=O) groups excluding carboxylic acids is 1. The lowest BCUT2D eigenvalue weighted by Crippen LogP contribution is -2.28. The first kappa shape index (κ1) is 17.9. The van der Waals surface area contributed by atoms with E-state index in [2.05, 4.69) is 15.6 Å². The van der Waals surface area contributed by atoms with E-state index in [4.69, 9.17) is 11.6 Å². The fourth-order valence-electron chi connectivity index (χ4n) is 3.26. The van der Waals surface area contributed by atoms with E-state index < -0.39 is 0 Å². The molecule has 0 aliphatic carbocycles. The van der Waals surface area contributed by atoms with E-state index in [-0.39, 0.29) is 5.91 Å². The molecule has 0 saturated heterocycles. The van der Waals surface area contributed by atoms with Crippen molar-refractivity contribution in [2.24, 2.45) is 0 Å². The van der Waals surface area contributed by atoms with Crippen molar-refractivity contribution < 1.29 is 4.79 Å². The number of aromatic nitrogens is 1. The van der Waals surface area contributed by atoms with Crippen LogP contribution >= 0.6 is 11.6 Å². The van der Waals surface area contributed by atoms with Gasteiger partial charge in [-0.3, -0.25) is 9.78 Å². The van der Waals surface area contributed by atoms with E-state index in [9.17, 15) is 4.79 Å². The number of rotatable bonds is 6. The van der Waals surface area contributed by atoms with Gasteiger partial charge in [0.15, 0.2) is 0 Å². The normalized spacial score (nSPS) is 13.4. The number of benzene rings is 1. The van der Waals surface area contributed by atoms with Gasteiger partial charge >= 0.3 is 0 Å². The molecule has 0 saturated carbocycles. The molecule has 0 fully saturated rings. The monoisotopic (exact) mass is 357 g/mol. The molecule has 0 spiro atoms. The third-order valence-corrected chi connectivity index (χ3v) is 4.97. The second kappa shape index (κ2) is 8.45. The minimum Gasteiger partial charge on any atom is -0.352 e. The molecule has 0 atom stereocenters. The first-order valence-corrected chi connectivity index (χ1v) is 9.19. The zero-order valence-corrected chi connectivity index (χ0v) is 15.3. The summed E-state index contributed by atoms with van der Waals surface area (Å²) in [6, 6.07) is 7.80. The number of hydrogen-bond acceptors (Lipinski definition) is 3. The molecule has 5 heteroatoms. The molecule has 25 heavy (non-hydrogen) atoms. The van der Waals surface area contributed by atoms with E-state index in [0.29, 0.717) is 13.0 Å². The van der Waals surface area contributed by atoms with Crippen LogP contribution in [0.15, 0.2) is 30.5 Å². The predicted octanol–water partition coefficient (Wildman–Crippen LogP) is 3.33. The summed E-state index contributed by atoms with van der Waals surface area (Å²) in [5.41, 5.74) is 6.02. The van der Waals surface area contributed by atoms with Crippen molar-refractivity contribution >= 4 is 17.5 Å². The van der Waals surface area contributed by atoms with Crippen LogP contribution in [0.5, 0.6) is 0 Å². The maximum absolute atomic E-state index is 12.2. The van der Waals surface area contributed by atoms with Crippen molar-refractivity contribution in [2.75, 3.05) is 6.54 Å². The molecule has 2 heterocycles. The molecule has 3 rings (SSSR count). The number of carbonyl (C=O) groups is 1. The van der Waals surface area contributed by atoms with Gasteiger partial charge in [0.1, 0.15) is 0 Å².